The van der Waals surface area contributed by atoms with E-state index >= 15 is 0 Å². The highest BCUT2D eigenvalue weighted by atomic mass is 31.2. The highest BCUT2D eigenvalue weighted by Gasteiger charge is 2.30. The zero-order valence-corrected chi connectivity index (χ0v) is 65.9. The average Bonchev–Trinajstić information content (AvgIpc) is 1.53. The summed E-state index contributed by atoms with van der Waals surface area (Å²) in [6.45, 7) is 9.58. The number of unbranched alkanes of at least 4 members (excludes halogenated alkanes) is 47. The van der Waals surface area contributed by atoms with E-state index in [1.807, 2.05) is 0 Å². The van der Waals surface area contributed by atoms with E-state index in [2.05, 4.69) is 41.5 Å². The predicted molar refractivity (Wildman–Crippen MR) is 400 cm³/mol. The number of rotatable bonds is 78. The summed E-state index contributed by atoms with van der Waals surface area (Å²) >= 11 is 0. The second-order valence-electron chi connectivity index (χ2n) is 29.2. The normalized spacial score (nSPS) is 14.2. The minimum Gasteiger partial charge on any atom is -0.462 e. The summed E-state index contributed by atoms with van der Waals surface area (Å²) < 4.78 is 68.6. The van der Waals surface area contributed by atoms with Crippen molar-refractivity contribution in [2.45, 2.75) is 432 Å². The highest BCUT2D eigenvalue weighted by Crippen LogP contribution is 2.45. The molecule has 0 saturated carbocycles. The second kappa shape index (κ2) is 70.7. The van der Waals surface area contributed by atoms with Gasteiger partial charge < -0.3 is 33.8 Å². The van der Waals surface area contributed by atoms with E-state index in [1.54, 1.807) is 0 Å². The summed E-state index contributed by atoms with van der Waals surface area (Å²) in [6, 6.07) is 0. The third-order valence-corrected chi connectivity index (χ3v) is 20.7. The van der Waals surface area contributed by atoms with Gasteiger partial charge in [0.1, 0.15) is 19.3 Å². The Bertz CT molecular complexity index is 1890. The van der Waals surface area contributed by atoms with Crippen LogP contribution < -0.4 is 0 Å². The standard InChI is InChI=1S/C79H154O17P2/c1-7-10-12-14-16-18-20-22-24-26-27-28-30-32-34-36-45-51-57-63-78(83)95-74(67-89-76(81)61-55-49-43-35-33-31-29-25-23-21-19-17-15-13-11-8-2)69-93-97(85,86)91-65-73(80)66-92-98(87,88)94-70-75(68-90-77(82)62-56-50-44-39-37-41-47-53-59-71(4)5)96-79(84)64-58-52-46-40-38-42-48-54-60-72(6)9-3/h71-75,80H,7-70H2,1-6H3,(H,85,86)(H,87,88)/t72?,73-,74-,75-/m1/s1. The molecule has 0 aromatic carbocycles. The Labute approximate surface area is 600 Å². The molecule has 6 atom stereocenters. The van der Waals surface area contributed by atoms with Crippen LogP contribution in [-0.4, -0.2) is 96.7 Å². The van der Waals surface area contributed by atoms with Gasteiger partial charge in [0, 0.05) is 25.7 Å². The first-order chi connectivity index (χ1) is 47.4. The number of aliphatic hydroxyl groups is 1. The molecule has 0 spiro atoms. The van der Waals surface area contributed by atoms with Gasteiger partial charge in [0.25, 0.3) is 0 Å². The molecule has 0 heterocycles. The van der Waals surface area contributed by atoms with Crippen LogP contribution in [0.3, 0.4) is 0 Å². The van der Waals surface area contributed by atoms with Crippen LogP contribution in [0, 0.1) is 11.8 Å². The topological polar surface area (TPSA) is 237 Å². The first kappa shape index (κ1) is 96.1. The molecule has 3 unspecified atom stereocenters. The lowest BCUT2D eigenvalue weighted by Crippen LogP contribution is -2.30. The maximum atomic E-state index is 13.1. The number of phosphoric acid groups is 2. The van der Waals surface area contributed by atoms with Crippen molar-refractivity contribution in [3.05, 3.63) is 0 Å². The fourth-order valence-corrected chi connectivity index (χ4v) is 13.7. The van der Waals surface area contributed by atoms with E-state index in [1.165, 1.54) is 231 Å². The first-order valence-electron chi connectivity index (χ1n) is 41.0. The van der Waals surface area contributed by atoms with E-state index in [0.717, 1.165) is 102 Å². The van der Waals surface area contributed by atoms with Gasteiger partial charge in [0.2, 0.25) is 0 Å². The van der Waals surface area contributed by atoms with Crippen LogP contribution in [0.25, 0.3) is 0 Å². The Morgan fingerprint density at radius 3 is 0.776 bits per heavy atom. The number of esters is 4. The van der Waals surface area contributed by atoms with Gasteiger partial charge in [-0.05, 0) is 37.5 Å². The van der Waals surface area contributed by atoms with Crippen molar-refractivity contribution in [3.8, 4) is 0 Å². The second-order valence-corrected chi connectivity index (χ2v) is 32.1. The largest absolute Gasteiger partial charge is 0.472 e. The van der Waals surface area contributed by atoms with E-state index in [0.29, 0.717) is 25.7 Å². The van der Waals surface area contributed by atoms with Crippen molar-refractivity contribution in [2.24, 2.45) is 11.8 Å². The Hall–Kier alpha value is -1.94. The number of carbonyl (C=O) groups excluding carboxylic acids is 4. The van der Waals surface area contributed by atoms with Crippen molar-refractivity contribution in [1.82, 2.24) is 0 Å². The van der Waals surface area contributed by atoms with Crippen molar-refractivity contribution in [1.29, 1.82) is 0 Å². The minimum atomic E-state index is -4.96. The summed E-state index contributed by atoms with van der Waals surface area (Å²) in [5, 5.41) is 10.6. The molecule has 0 bridgehead atoms. The molecule has 0 aliphatic carbocycles. The molecular formula is C79H154O17P2. The number of carbonyl (C=O) groups is 4. The van der Waals surface area contributed by atoms with Crippen LogP contribution in [0.5, 0.6) is 0 Å². The fourth-order valence-electron chi connectivity index (χ4n) is 12.2. The monoisotopic (exact) mass is 1440 g/mol. The average molecular weight is 1440 g/mol. The van der Waals surface area contributed by atoms with Gasteiger partial charge in [-0.15, -0.1) is 0 Å². The van der Waals surface area contributed by atoms with Gasteiger partial charge in [-0.3, -0.25) is 37.3 Å². The first-order valence-corrected chi connectivity index (χ1v) is 44.0. The molecule has 0 radical (unpaired) electrons. The number of phosphoric ester groups is 2. The van der Waals surface area contributed by atoms with E-state index in [-0.39, 0.29) is 25.7 Å². The number of aliphatic hydroxyl groups excluding tert-OH is 1. The zero-order valence-electron chi connectivity index (χ0n) is 64.1. The minimum absolute atomic E-state index is 0.105. The molecule has 17 nitrogen and oxygen atoms in total. The summed E-state index contributed by atoms with van der Waals surface area (Å²) in [5.74, 6) is -0.617. The maximum absolute atomic E-state index is 13.1. The Morgan fingerprint density at radius 1 is 0.296 bits per heavy atom. The summed E-state index contributed by atoms with van der Waals surface area (Å²) in [6.07, 6.45) is 59.7. The maximum Gasteiger partial charge on any atom is 0.472 e. The van der Waals surface area contributed by atoms with Gasteiger partial charge in [-0.2, -0.15) is 0 Å². The van der Waals surface area contributed by atoms with Gasteiger partial charge >= 0.3 is 39.5 Å². The van der Waals surface area contributed by atoms with Crippen molar-refractivity contribution < 1.29 is 80.2 Å². The van der Waals surface area contributed by atoms with E-state index in [9.17, 15) is 43.2 Å². The fraction of sp³-hybridized carbons (Fsp3) is 0.949. The molecule has 0 aliphatic rings. The Kier molecular flexibility index (Phi) is 69.3. The predicted octanol–water partition coefficient (Wildman–Crippen LogP) is 23.5. The molecule has 0 saturated heterocycles. The van der Waals surface area contributed by atoms with Crippen LogP contribution in [0.4, 0.5) is 0 Å². The van der Waals surface area contributed by atoms with Crippen LogP contribution >= 0.6 is 15.6 Å². The molecule has 0 aromatic rings. The van der Waals surface area contributed by atoms with Gasteiger partial charge in [0.05, 0.1) is 26.4 Å². The quantitative estimate of drug-likeness (QED) is 0.0222. The van der Waals surface area contributed by atoms with Crippen LogP contribution in [0.1, 0.15) is 414 Å². The van der Waals surface area contributed by atoms with Crippen LogP contribution in [0.2, 0.25) is 0 Å². The molecule has 3 N–H and O–H groups in total. The van der Waals surface area contributed by atoms with Crippen molar-refractivity contribution >= 4 is 39.5 Å². The Morgan fingerprint density at radius 2 is 0.520 bits per heavy atom. The molecular weight excluding hydrogens is 1280 g/mol. The Balaban J connectivity index is 5.24. The van der Waals surface area contributed by atoms with Crippen LogP contribution in [-0.2, 0) is 65.4 Å². The lowest BCUT2D eigenvalue weighted by atomic mass is 9.99. The summed E-state index contributed by atoms with van der Waals surface area (Å²) in [5.41, 5.74) is 0. The molecule has 582 valence electrons. The molecule has 98 heavy (non-hydrogen) atoms. The third-order valence-electron chi connectivity index (χ3n) is 18.8. The van der Waals surface area contributed by atoms with E-state index < -0.39 is 97.5 Å². The lowest BCUT2D eigenvalue weighted by Gasteiger charge is -2.21. The SMILES string of the molecule is CCCCCCCCCCCCCCCCCCCCCC(=O)O[C@H](COC(=O)CCCCCCCCCCCCCCCCCC)COP(=O)(O)OC[C@@H](O)COP(=O)(O)OC[C@@H](COC(=O)CCCCCCCCCCC(C)C)OC(=O)CCCCCCCCCCC(C)CC. The lowest BCUT2D eigenvalue weighted by molar-refractivity contribution is -0.161. The molecule has 0 amide bonds. The molecule has 19 heteroatoms. The highest BCUT2D eigenvalue weighted by molar-refractivity contribution is 7.47. The summed E-state index contributed by atoms with van der Waals surface area (Å²) in [4.78, 5) is 72.9. The molecule has 0 aromatic heterocycles. The molecule has 0 rings (SSSR count). The van der Waals surface area contributed by atoms with Crippen LogP contribution in [0.15, 0.2) is 0 Å². The van der Waals surface area contributed by atoms with E-state index in [4.69, 9.17) is 37.0 Å². The summed E-state index contributed by atoms with van der Waals surface area (Å²) in [7, 11) is -9.92. The smallest absolute Gasteiger partial charge is 0.462 e. The van der Waals surface area contributed by atoms with Crippen molar-refractivity contribution in [3.63, 3.8) is 0 Å². The number of hydrogen-bond donors (Lipinski definition) is 3. The van der Waals surface area contributed by atoms with Crippen molar-refractivity contribution in [2.75, 3.05) is 39.6 Å². The van der Waals surface area contributed by atoms with Gasteiger partial charge in [-0.25, -0.2) is 9.13 Å². The van der Waals surface area contributed by atoms with Gasteiger partial charge in [-0.1, -0.05) is 363 Å². The number of ether oxygens (including phenoxy) is 4. The van der Waals surface area contributed by atoms with Gasteiger partial charge in [0.15, 0.2) is 12.2 Å². The third kappa shape index (κ3) is 71.1. The zero-order chi connectivity index (χ0) is 72.1. The molecule has 0 aliphatic heterocycles. The number of hydrogen-bond acceptors (Lipinski definition) is 15. The molecule has 0 fully saturated rings.